The summed E-state index contributed by atoms with van der Waals surface area (Å²) in [6, 6.07) is 9.02. The molecule has 9 heteroatoms. The number of nitrogens with zero attached hydrogens (tertiary/aromatic N) is 2. The predicted octanol–water partition coefficient (Wildman–Crippen LogP) is 2.28. The molecule has 0 aliphatic heterocycles. The Morgan fingerprint density at radius 2 is 2.04 bits per heavy atom. The van der Waals surface area contributed by atoms with Crippen molar-refractivity contribution >= 4 is 37.7 Å². The lowest BCUT2D eigenvalue weighted by Gasteiger charge is -2.14. The van der Waals surface area contributed by atoms with Crippen LogP contribution in [0.5, 0.6) is 0 Å². The second-order valence-electron chi connectivity index (χ2n) is 4.44. The van der Waals surface area contributed by atoms with Crippen LogP contribution in [-0.4, -0.2) is 37.9 Å². The van der Waals surface area contributed by atoms with E-state index in [4.69, 9.17) is 4.84 Å². The first-order valence-electron chi connectivity index (χ1n) is 6.40. The second-order valence-corrected chi connectivity index (χ2v) is 7.29. The molecule has 0 saturated heterocycles. The van der Waals surface area contributed by atoms with Gasteiger partial charge in [0.2, 0.25) is 0 Å². The highest BCUT2D eigenvalue weighted by molar-refractivity contribution is 9.10. The van der Waals surface area contributed by atoms with Gasteiger partial charge in [-0.1, -0.05) is 10.5 Å². The fourth-order valence-electron chi connectivity index (χ4n) is 1.68. The first kappa shape index (κ1) is 17.5. The molecule has 23 heavy (non-hydrogen) atoms. The van der Waals surface area contributed by atoms with Gasteiger partial charge in [-0.15, -0.1) is 0 Å². The Bertz CT molecular complexity index is 809. The van der Waals surface area contributed by atoms with Crippen LogP contribution in [0.2, 0.25) is 0 Å². The summed E-state index contributed by atoms with van der Waals surface area (Å²) < 4.78 is 25.9. The predicted molar refractivity (Wildman–Crippen MR) is 88.3 cm³/mol. The minimum absolute atomic E-state index is 0.0433. The van der Waals surface area contributed by atoms with Crippen LogP contribution in [-0.2, 0) is 14.9 Å². The van der Waals surface area contributed by atoms with Gasteiger partial charge in [0.05, 0.1) is 12.0 Å². The maximum atomic E-state index is 12.2. The van der Waals surface area contributed by atoms with Crippen LogP contribution in [0.4, 0.5) is 5.82 Å². The summed E-state index contributed by atoms with van der Waals surface area (Å²) in [6.45, 7) is 0. The van der Waals surface area contributed by atoms with Gasteiger partial charge in [-0.2, -0.15) is 0 Å². The van der Waals surface area contributed by atoms with E-state index in [0.717, 1.165) is 8.94 Å². The van der Waals surface area contributed by atoms with Gasteiger partial charge < -0.3 is 5.32 Å². The van der Waals surface area contributed by atoms with Crippen molar-refractivity contribution in [3.8, 4) is 0 Å². The van der Waals surface area contributed by atoms with E-state index < -0.39 is 15.9 Å². The van der Waals surface area contributed by atoms with Crippen molar-refractivity contribution in [1.82, 2.24) is 9.45 Å². The van der Waals surface area contributed by atoms with Crippen LogP contribution < -0.4 is 5.32 Å². The molecule has 1 N–H and O–H groups in total. The third-order valence-electron chi connectivity index (χ3n) is 2.96. The molecule has 0 aliphatic carbocycles. The molecule has 2 rings (SSSR count). The van der Waals surface area contributed by atoms with Gasteiger partial charge in [0.25, 0.3) is 15.9 Å². The van der Waals surface area contributed by atoms with Crippen LogP contribution in [0.25, 0.3) is 0 Å². The fraction of sp³-hybridized carbons (Fsp3) is 0.143. The van der Waals surface area contributed by atoms with Crippen LogP contribution in [0.3, 0.4) is 0 Å². The van der Waals surface area contributed by atoms with Crippen molar-refractivity contribution in [2.24, 2.45) is 0 Å². The molecule has 0 fully saturated rings. The number of benzene rings is 1. The normalized spacial score (nSPS) is 11.5. The third kappa shape index (κ3) is 4.14. The van der Waals surface area contributed by atoms with E-state index in [1.807, 2.05) is 0 Å². The lowest BCUT2D eigenvalue weighted by molar-refractivity contribution is -0.0258. The van der Waals surface area contributed by atoms with Gasteiger partial charge in [-0.25, -0.2) is 13.4 Å². The minimum Gasteiger partial charge on any atom is -0.307 e. The van der Waals surface area contributed by atoms with E-state index in [2.05, 4.69) is 26.2 Å². The highest BCUT2D eigenvalue weighted by atomic mass is 79.9. The Labute approximate surface area is 142 Å². The minimum atomic E-state index is -3.81. The zero-order chi connectivity index (χ0) is 17.0. The number of hydrogen-bond acceptors (Lipinski definition) is 5. The molecule has 2 aromatic rings. The molecule has 1 aromatic carbocycles. The molecule has 0 saturated carbocycles. The van der Waals surface area contributed by atoms with E-state index in [1.165, 1.54) is 38.4 Å². The number of nitrogens with one attached hydrogen (secondary N) is 1. The molecular weight excluding hydrogens is 386 g/mol. The summed E-state index contributed by atoms with van der Waals surface area (Å²) in [5.41, 5.74) is 0.195. The molecule has 0 unspecified atom stereocenters. The monoisotopic (exact) mass is 399 g/mol. The number of aromatic nitrogens is 1. The number of hydroxylamine groups is 1. The highest BCUT2D eigenvalue weighted by Gasteiger charge is 2.22. The molecule has 1 amide bonds. The van der Waals surface area contributed by atoms with Crippen molar-refractivity contribution in [3.05, 3.63) is 52.6 Å². The maximum Gasteiger partial charge on any atom is 0.264 e. The van der Waals surface area contributed by atoms with Crippen molar-refractivity contribution < 1.29 is 18.0 Å². The first-order chi connectivity index (χ1) is 10.8. The van der Waals surface area contributed by atoms with Crippen LogP contribution in [0.15, 0.2) is 52.0 Å². The average molecular weight is 400 g/mol. The largest absolute Gasteiger partial charge is 0.307 e. The van der Waals surface area contributed by atoms with E-state index in [9.17, 15) is 13.2 Å². The zero-order valence-corrected chi connectivity index (χ0v) is 14.8. The number of hydrogen-bond donors (Lipinski definition) is 1. The summed E-state index contributed by atoms with van der Waals surface area (Å²) in [7, 11) is -1.30. The van der Waals surface area contributed by atoms with E-state index in [-0.39, 0.29) is 10.5 Å². The van der Waals surface area contributed by atoms with Crippen molar-refractivity contribution in [1.29, 1.82) is 0 Å². The lowest BCUT2D eigenvalue weighted by atomic mass is 10.2. The number of halogens is 1. The molecule has 7 nitrogen and oxygen atoms in total. The van der Waals surface area contributed by atoms with Crippen molar-refractivity contribution in [2.45, 2.75) is 4.90 Å². The van der Waals surface area contributed by atoms with E-state index in [0.29, 0.717) is 5.82 Å². The van der Waals surface area contributed by atoms with Crippen molar-refractivity contribution in [3.63, 3.8) is 0 Å². The number of sulfonamides is 1. The standard InChI is InChI=1S/C14H14BrN3O4S/c1-18(22-2)23(20,21)12-5-3-4-10(8-12)14(19)17-13-7-6-11(15)9-16-13/h3-9H,1-2H3,(H,16,17,19). The quantitative estimate of drug-likeness (QED) is 0.778. The Hall–Kier alpha value is -1.81. The Kier molecular flexibility index (Phi) is 5.47. The average Bonchev–Trinajstić information content (AvgIpc) is 2.56. The summed E-state index contributed by atoms with van der Waals surface area (Å²) in [4.78, 5) is 20.9. The molecule has 122 valence electrons. The van der Waals surface area contributed by atoms with Gasteiger partial charge in [0, 0.05) is 23.3 Å². The fourth-order valence-corrected chi connectivity index (χ4v) is 2.94. The van der Waals surface area contributed by atoms with E-state index >= 15 is 0 Å². The highest BCUT2D eigenvalue weighted by Crippen LogP contribution is 2.17. The van der Waals surface area contributed by atoms with Gasteiger partial charge >= 0.3 is 0 Å². The Morgan fingerprint density at radius 1 is 1.30 bits per heavy atom. The topological polar surface area (TPSA) is 88.6 Å². The number of carbonyl (C=O) groups excluding carboxylic acids is 1. The van der Waals surface area contributed by atoms with Gasteiger partial charge in [-0.3, -0.25) is 9.63 Å². The summed E-state index contributed by atoms with van der Waals surface area (Å²) >= 11 is 3.25. The Morgan fingerprint density at radius 3 is 2.65 bits per heavy atom. The number of amides is 1. The number of carbonyl (C=O) groups is 1. The smallest absolute Gasteiger partial charge is 0.264 e. The van der Waals surface area contributed by atoms with Crippen LogP contribution in [0.1, 0.15) is 10.4 Å². The summed E-state index contributed by atoms with van der Waals surface area (Å²) in [5, 5.41) is 2.60. The van der Waals surface area contributed by atoms with Crippen molar-refractivity contribution in [2.75, 3.05) is 19.5 Å². The summed E-state index contributed by atoms with van der Waals surface area (Å²) in [6.07, 6.45) is 1.55. The lowest BCUT2D eigenvalue weighted by Crippen LogP contribution is -2.26. The molecule has 0 aliphatic rings. The van der Waals surface area contributed by atoms with E-state index in [1.54, 1.807) is 18.3 Å². The summed E-state index contributed by atoms with van der Waals surface area (Å²) in [5.74, 6) is -0.0996. The molecule has 0 radical (unpaired) electrons. The maximum absolute atomic E-state index is 12.2. The van der Waals surface area contributed by atoms with Gasteiger partial charge in [0.1, 0.15) is 5.82 Å². The second kappa shape index (κ2) is 7.18. The van der Waals surface area contributed by atoms with Crippen LogP contribution >= 0.6 is 15.9 Å². The molecule has 1 heterocycles. The molecule has 0 spiro atoms. The SMILES string of the molecule is CON(C)S(=O)(=O)c1cccc(C(=O)Nc2ccc(Br)cn2)c1. The number of anilines is 1. The molecule has 1 aromatic heterocycles. The molecular formula is C14H14BrN3O4S. The van der Waals surface area contributed by atoms with Crippen LogP contribution in [0, 0.1) is 0 Å². The Balaban J connectivity index is 2.25. The van der Waals surface area contributed by atoms with Gasteiger partial charge in [-0.05, 0) is 46.3 Å². The molecule has 0 atom stereocenters. The molecule has 0 bridgehead atoms. The first-order valence-corrected chi connectivity index (χ1v) is 8.64. The van der Waals surface area contributed by atoms with Gasteiger partial charge in [0.15, 0.2) is 0 Å². The number of pyridine rings is 1. The zero-order valence-electron chi connectivity index (χ0n) is 12.4. The third-order valence-corrected chi connectivity index (χ3v) is 5.10. The number of rotatable bonds is 5.